The van der Waals surface area contributed by atoms with Crippen molar-refractivity contribution in [3.63, 3.8) is 0 Å². The lowest BCUT2D eigenvalue weighted by Crippen LogP contribution is -2.29. The Balaban J connectivity index is 3.41. The first kappa shape index (κ1) is 15.7. The molecule has 4 nitrogen and oxygen atoms in total. The Morgan fingerprint density at radius 2 is 1.82 bits per heavy atom. The highest BCUT2D eigenvalue weighted by atomic mass is 16.5. The number of carbonyl (C=O) groups excluding carboxylic acids is 2. The number of carbonyl (C=O) groups is 2. The summed E-state index contributed by atoms with van der Waals surface area (Å²) in [6.45, 7) is 7.57. The number of nitrogens with one attached hydrogen (secondary N) is 1. The second-order valence-corrected chi connectivity index (χ2v) is 4.12. The third-order valence-corrected chi connectivity index (χ3v) is 2.29. The molecule has 0 fully saturated rings. The first-order chi connectivity index (χ1) is 8.07. The Hall–Kier alpha value is -1.32. The van der Waals surface area contributed by atoms with Crippen LogP contribution in [0.4, 0.5) is 0 Å². The lowest BCUT2D eigenvalue weighted by molar-refractivity contribution is -0.144. The molecule has 0 bridgehead atoms. The molecule has 0 unspecified atom stereocenters. The molecule has 0 aromatic carbocycles. The van der Waals surface area contributed by atoms with Crippen LogP contribution in [0.25, 0.3) is 0 Å². The molecule has 17 heavy (non-hydrogen) atoms. The Kier molecular flexibility index (Phi) is 9.11. The summed E-state index contributed by atoms with van der Waals surface area (Å²) in [4.78, 5) is 22.2. The van der Waals surface area contributed by atoms with Crippen LogP contribution in [0.1, 0.15) is 46.0 Å². The molecule has 0 heterocycles. The predicted octanol–water partition coefficient (Wildman–Crippen LogP) is 2.19. The minimum absolute atomic E-state index is 0.222. The van der Waals surface area contributed by atoms with Gasteiger partial charge in [-0.1, -0.05) is 39.2 Å². The maximum Gasteiger partial charge on any atom is 0.333 e. The van der Waals surface area contributed by atoms with E-state index < -0.39 is 5.97 Å². The zero-order valence-corrected chi connectivity index (χ0v) is 10.9. The zero-order chi connectivity index (χ0) is 13.1. The molecule has 0 aromatic heterocycles. The molecule has 1 N–H and O–H groups in total. The summed E-state index contributed by atoms with van der Waals surface area (Å²) in [5, 5.41) is 2.71. The molecule has 0 saturated carbocycles. The van der Waals surface area contributed by atoms with E-state index in [-0.39, 0.29) is 12.5 Å². The van der Waals surface area contributed by atoms with Crippen molar-refractivity contribution in [3.05, 3.63) is 12.2 Å². The van der Waals surface area contributed by atoms with Crippen LogP contribution in [0.15, 0.2) is 12.2 Å². The van der Waals surface area contributed by atoms with E-state index in [2.05, 4.69) is 18.8 Å². The Labute approximate surface area is 103 Å². The fourth-order valence-electron chi connectivity index (χ4n) is 1.26. The van der Waals surface area contributed by atoms with Gasteiger partial charge < -0.3 is 10.1 Å². The molecule has 1 amide bonds. The topological polar surface area (TPSA) is 55.4 Å². The summed E-state index contributed by atoms with van der Waals surface area (Å²) in [6.07, 6.45) is 5.75. The molecule has 0 spiro atoms. The van der Waals surface area contributed by atoms with Crippen LogP contribution in [0.5, 0.6) is 0 Å². The van der Waals surface area contributed by atoms with E-state index in [4.69, 9.17) is 4.74 Å². The quantitative estimate of drug-likeness (QED) is 0.382. The molecular weight excluding hydrogens is 218 g/mol. The number of unbranched alkanes of at least 4 members (excludes halogenated alkanes) is 4. The van der Waals surface area contributed by atoms with Crippen molar-refractivity contribution in [1.29, 1.82) is 0 Å². The van der Waals surface area contributed by atoms with Crippen molar-refractivity contribution < 1.29 is 14.3 Å². The van der Waals surface area contributed by atoms with Crippen molar-refractivity contribution in [1.82, 2.24) is 5.32 Å². The van der Waals surface area contributed by atoms with Gasteiger partial charge in [-0.15, -0.1) is 0 Å². The Bertz CT molecular complexity index is 261. The fraction of sp³-hybridized carbons (Fsp3) is 0.692. The Morgan fingerprint density at radius 3 is 2.41 bits per heavy atom. The van der Waals surface area contributed by atoms with E-state index >= 15 is 0 Å². The van der Waals surface area contributed by atoms with Crippen LogP contribution < -0.4 is 5.32 Å². The average molecular weight is 241 g/mol. The second-order valence-electron chi connectivity index (χ2n) is 4.12. The molecule has 0 radical (unpaired) electrons. The molecule has 0 aromatic rings. The maximum absolute atomic E-state index is 11.2. The van der Waals surface area contributed by atoms with Crippen molar-refractivity contribution in [2.75, 3.05) is 13.2 Å². The monoisotopic (exact) mass is 241 g/mol. The van der Waals surface area contributed by atoms with Crippen LogP contribution in [0, 0.1) is 0 Å². The highest BCUT2D eigenvalue weighted by Gasteiger charge is 2.06. The van der Waals surface area contributed by atoms with E-state index in [9.17, 15) is 9.59 Å². The van der Waals surface area contributed by atoms with Gasteiger partial charge in [-0.2, -0.15) is 0 Å². The van der Waals surface area contributed by atoms with Crippen molar-refractivity contribution in [2.45, 2.75) is 46.0 Å². The highest BCUT2D eigenvalue weighted by Crippen LogP contribution is 2.01. The molecule has 0 aliphatic carbocycles. The van der Waals surface area contributed by atoms with Crippen LogP contribution in [-0.4, -0.2) is 25.0 Å². The van der Waals surface area contributed by atoms with Gasteiger partial charge >= 0.3 is 5.97 Å². The third-order valence-electron chi connectivity index (χ3n) is 2.29. The van der Waals surface area contributed by atoms with Gasteiger partial charge in [0.1, 0.15) is 0 Å². The standard InChI is InChI=1S/C13H23NO3/c1-4-5-6-7-8-9-14-12(15)10-17-13(16)11(2)3/h2,4-10H2,1,3H3,(H,14,15). The van der Waals surface area contributed by atoms with Gasteiger partial charge in [-0.3, -0.25) is 4.79 Å². The number of amides is 1. The van der Waals surface area contributed by atoms with Crippen molar-refractivity contribution in [2.24, 2.45) is 0 Å². The lowest BCUT2D eigenvalue weighted by Gasteiger charge is -2.06. The lowest BCUT2D eigenvalue weighted by atomic mass is 10.1. The highest BCUT2D eigenvalue weighted by molar-refractivity contribution is 5.89. The SMILES string of the molecule is C=C(C)C(=O)OCC(=O)NCCCCCCC. The van der Waals surface area contributed by atoms with E-state index in [1.54, 1.807) is 6.92 Å². The molecule has 0 atom stereocenters. The molecule has 0 rings (SSSR count). The number of ether oxygens (including phenoxy) is 1. The number of esters is 1. The van der Waals surface area contributed by atoms with E-state index in [1.165, 1.54) is 19.3 Å². The largest absolute Gasteiger partial charge is 0.452 e. The predicted molar refractivity (Wildman–Crippen MR) is 67.5 cm³/mol. The third kappa shape index (κ3) is 9.60. The summed E-state index contributed by atoms with van der Waals surface area (Å²) in [5.74, 6) is -0.779. The summed E-state index contributed by atoms with van der Waals surface area (Å²) < 4.78 is 4.71. The Morgan fingerprint density at radius 1 is 1.18 bits per heavy atom. The van der Waals surface area contributed by atoms with Crippen LogP contribution in [-0.2, 0) is 14.3 Å². The number of hydrogen-bond donors (Lipinski definition) is 1. The minimum Gasteiger partial charge on any atom is -0.452 e. The smallest absolute Gasteiger partial charge is 0.333 e. The summed E-state index contributed by atoms with van der Waals surface area (Å²) in [7, 11) is 0. The molecule has 98 valence electrons. The first-order valence-electron chi connectivity index (χ1n) is 6.17. The van der Waals surface area contributed by atoms with Crippen LogP contribution in [0.2, 0.25) is 0 Å². The minimum atomic E-state index is -0.525. The summed E-state index contributed by atoms with van der Waals surface area (Å²) >= 11 is 0. The number of hydrogen-bond acceptors (Lipinski definition) is 3. The normalized spacial score (nSPS) is 9.76. The first-order valence-corrected chi connectivity index (χ1v) is 6.17. The van der Waals surface area contributed by atoms with E-state index in [0.29, 0.717) is 12.1 Å². The summed E-state index contributed by atoms with van der Waals surface area (Å²) in [6, 6.07) is 0. The molecule has 0 aliphatic rings. The van der Waals surface area contributed by atoms with E-state index in [0.717, 1.165) is 12.8 Å². The molecule has 0 saturated heterocycles. The van der Waals surface area contributed by atoms with Gasteiger partial charge in [0.25, 0.3) is 5.91 Å². The van der Waals surface area contributed by atoms with Gasteiger partial charge in [0, 0.05) is 12.1 Å². The molecular formula is C13H23NO3. The van der Waals surface area contributed by atoms with E-state index in [1.807, 2.05) is 0 Å². The second kappa shape index (κ2) is 9.87. The van der Waals surface area contributed by atoms with Crippen LogP contribution >= 0.6 is 0 Å². The van der Waals surface area contributed by atoms with Gasteiger partial charge in [-0.25, -0.2) is 4.79 Å². The van der Waals surface area contributed by atoms with Gasteiger partial charge in [-0.05, 0) is 13.3 Å². The van der Waals surface area contributed by atoms with Gasteiger partial charge in [0.2, 0.25) is 0 Å². The molecule has 0 aliphatic heterocycles. The van der Waals surface area contributed by atoms with Crippen molar-refractivity contribution >= 4 is 11.9 Å². The maximum atomic E-state index is 11.2. The summed E-state index contributed by atoms with van der Waals surface area (Å²) in [5.41, 5.74) is 0.303. The average Bonchev–Trinajstić information content (AvgIpc) is 2.30. The zero-order valence-electron chi connectivity index (χ0n) is 10.9. The van der Waals surface area contributed by atoms with Crippen LogP contribution in [0.3, 0.4) is 0 Å². The molecule has 4 heteroatoms. The fourth-order valence-corrected chi connectivity index (χ4v) is 1.26. The van der Waals surface area contributed by atoms with Gasteiger partial charge in [0.05, 0.1) is 0 Å². The van der Waals surface area contributed by atoms with Gasteiger partial charge in [0.15, 0.2) is 6.61 Å². The van der Waals surface area contributed by atoms with Crippen molar-refractivity contribution in [3.8, 4) is 0 Å². The number of rotatable bonds is 9.